The van der Waals surface area contributed by atoms with Crippen LogP contribution < -0.4 is 5.32 Å². The fourth-order valence-electron chi connectivity index (χ4n) is 8.78. The Morgan fingerprint density at radius 2 is 0.794 bits per heavy atom. The summed E-state index contributed by atoms with van der Waals surface area (Å²) in [6, 6.07) is -1.83. The molecule has 0 aromatic carbocycles. The van der Waals surface area contributed by atoms with E-state index in [0.29, 0.717) is 0 Å². The number of amides is 1. The smallest absolute Gasteiger partial charge is 0.217 e. The summed E-state index contributed by atoms with van der Waals surface area (Å²) >= 11 is 0. The third-order valence-electron chi connectivity index (χ3n) is 12.8. The molecule has 0 aliphatic carbocycles. The molecular weight excluding hydrogens is 934 g/mol. The number of aliphatic hydroxyl groups excluding tert-OH is 17. The van der Waals surface area contributed by atoms with Gasteiger partial charge in [-0.3, -0.25) is 4.79 Å². The van der Waals surface area contributed by atoms with E-state index in [0.717, 1.165) is 6.92 Å². The summed E-state index contributed by atoms with van der Waals surface area (Å²) in [5.74, 6) is -0.882. The number of carbonyl (C=O) groups is 1. The Hall–Kier alpha value is -1.65. The molecule has 30 nitrogen and oxygen atoms in total. The Bertz CT molecular complexity index is 1590. The molecule has 0 radical (unpaired) electrons. The average molecular weight is 1000 g/mol. The lowest BCUT2D eigenvalue weighted by Crippen LogP contribution is -2.71. The van der Waals surface area contributed by atoms with E-state index in [1.165, 1.54) is 13.8 Å². The lowest BCUT2D eigenvalue weighted by Gasteiger charge is -2.52. The summed E-state index contributed by atoms with van der Waals surface area (Å²) < 4.78 is 63.9. The molecule has 30 heteroatoms. The summed E-state index contributed by atoms with van der Waals surface area (Å²) in [5, 5.41) is 184. The molecule has 6 aliphatic rings. The van der Waals surface area contributed by atoms with Crippen molar-refractivity contribution in [1.29, 1.82) is 0 Å². The first-order valence-electron chi connectivity index (χ1n) is 21.8. The van der Waals surface area contributed by atoms with Gasteiger partial charge in [-0.15, -0.1) is 0 Å². The number of hydrogen-bond acceptors (Lipinski definition) is 29. The monoisotopic (exact) mass is 999 g/mol. The molecule has 0 spiro atoms. The number of aliphatic hydroxyl groups is 17. The molecule has 396 valence electrons. The minimum absolute atomic E-state index is 0.882. The maximum Gasteiger partial charge on any atom is 0.217 e. The molecule has 6 aliphatic heterocycles. The van der Waals surface area contributed by atoms with Crippen LogP contribution in [0.3, 0.4) is 0 Å². The van der Waals surface area contributed by atoms with Crippen LogP contribution in [0.5, 0.6) is 0 Å². The highest BCUT2D eigenvalue weighted by Crippen LogP contribution is 2.38. The quantitative estimate of drug-likeness (QED) is 0.0724. The lowest BCUT2D eigenvalue weighted by molar-refractivity contribution is -0.401. The highest BCUT2D eigenvalue weighted by molar-refractivity contribution is 5.73. The summed E-state index contributed by atoms with van der Waals surface area (Å²) in [6.07, 6.45) is -53.8. The van der Waals surface area contributed by atoms with E-state index in [1.807, 2.05) is 0 Å². The highest BCUT2D eigenvalue weighted by Gasteiger charge is 2.59. The van der Waals surface area contributed by atoms with Gasteiger partial charge in [-0.25, -0.2) is 0 Å². The first kappa shape index (κ1) is 55.7. The molecule has 0 bridgehead atoms. The fraction of sp³-hybridized carbons (Fsp3) is 0.974. The first-order valence-corrected chi connectivity index (χ1v) is 21.8. The summed E-state index contributed by atoms with van der Waals surface area (Å²) in [6.45, 7) is -0.339. The van der Waals surface area contributed by atoms with Crippen molar-refractivity contribution in [2.45, 2.75) is 205 Å². The first-order chi connectivity index (χ1) is 32.1. The van der Waals surface area contributed by atoms with Gasteiger partial charge < -0.3 is 144 Å². The molecule has 13 unspecified atom stereocenters. The van der Waals surface area contributed by atoms with Crippen molar-refractivity contribution in [3.63, 3.8) is 0 Å². The summed E-state index contributed by atoms with van der Waals surface area (Å²) in [4.78, 5) is 13.0. The van der Waals surface area contributed by atoms with E-state index in [1.54, 1.807) is 0 Å². The predicted molar refractivity (Wildman–Crippen MR) is 208 cm³/mol. The van der Waals surface area contributed by atoms with E-state index in [9.17, 15) is 91.6 Å². The van der Waals surface area contributed by atoms with Gasteiger partial charge in [-0.2, -0.15) is 0 Å². The Morgan fingerprint density at radius 1 is 0.382 bits per heavy atom. The van der Waals surface area contributed by atoms with Crippen LogP contribution in [0.2, 0.25) is 0 Å². The number of rotatable bonds is 15. The minimum Gasteiger partial charge on any atom is -0.394 e. The van der Waals surface area contributed by atoms with Crippen molar-refractivity contribution in [3.05, 3.63) is 0 Å². The fourth-order valence-corrected chi connectivity index (χ4v) is 8.78. The molecule has 6 heterocycles. The van der Waals surface area contributed by atoms with E-state index < -0.39 is 217 Å². The average Bonchev–Trinajstić information content (AvgIpc) is 3.31. The molecule has 0 aromatic rings. The molecule has 18 N–H and O–H groups in total. The van der Waals surface area contributed by atoms with Gasteiger partial charge in [0.25, 0.3) is 0 Å². The zero-order valence-electron chi connectivity index (χ0n) is 36.7. The third kappa shape index (κ3) is 11.4. The standard InChI is InChI=1S/C38H65NO29/c1-8-16(45)20(49)25(54)35(58-8)66-30-15(39-10(3)44)34(67-31-19(48)12(5-41)61-37(27(31)56)64-28-13(6-42)60-33(57)24(53)23(28)52)63-14(7-43)29(30)65-38-32(22(51)18(47)11(4-40)62-38)68-36-26(55)21(50)17(46)9(2)59-36/h8-9,11-38,40-43,45-57H,4-7H2,1-3H3,(H,39,44)/t8?,9?,11-,12?,13?,14?,15-,16+,17-,18-,19+,20-,21?,22?,23?,24-,25?,26?,27-,28+,29+,30?,31?,32?,33-,34+,35+,36-,37+,38-/m1/s1. The normalized spacial score (nSPS) is 52.6. The van der Waals surface area contributed by atoms with E-state index in [-0.39, 0.29) is 0 Å². The molecule has 0 saturated carbocycles. The van der Waals surface area contributed by atoms with Crippen molar-refractivity contribution in [1.82, 2.24) is 5.32 Å². The zero-order chi connectivity index (χ0) is 50.2. The maximum absolute atomic E-state index is 13.0. The maximum atomic E-state index is 13.0. The molecule has 0 aromatic heterocycles. The van der Waals surface area contributed by atoms with Crippen LogP contribution in [0, 0.1) is 0 Å². The Labute approximate surface area is 386 Å². The van der Waals surface area contributed by atoms with Crippen molar-refractivity contribution in [2.24, 2.45) is 0 Å². The van der Waals surface area contributed by atoms with Gasteiger partial charge in [0.05, 0.1) is 38.6 Å². The number of nitrogens with one attached hydrogen (secondary N) is 1. The molecule has 68 heavy (non-hydrogen) atoms. The lowest BCUT2D eigenvalue weighted by atomic mass is 9.93. The van der Waals surface area contributed by atoms with Crippen molar-refractivity contribution < 1.29 is 144 Å². The van der Waals surface area contributed by atoms with Crippen LogP contribution in [0.4, 0.5) is 0 Å². The van der Waals surface area contributed by atoms with Crippen LogP contribution in [-0.2, 0) is 56.9 Å². The van der Waals surface area contributed by atoms with Gasteiger partial charge in [0.2, 0.25) is 5.91 Å². The van der Waals surface area contributed by atoms with Gasteiger partial charge in [0, 0.05) is 6.92 Å². The minimum atomic E-state index is -2.18. The van der Waals surface area contributed by atoms with Crippen molar-refractivity contribution in [2.75, 3.05) is 26.4 Å². The van der Waals surface area contributed by atoms with Crippen molar-refractivity contribution in [3.8, 4) is 0 Å². The van der Waals surface area contributed by atoms with Gasteiger partial charge in [0.15, 0.2) is 37.7 Å². The molecule has 30 atom stereocenters. The molecule has 6 fully saturated rings. The summed E-state index contributed by atoms with van der Waals surface area (Å²) in [5.41, 5.74) is 0. The highest BCUT2D eigenvalue weighted by atomic mass is 16.8. The van der Waals surface area contributed by atoms with Crippen LogP contribution in [-0.4, -0.2) is 303 Å². The van der Waals surface area contributed by atoms with Gasteiger partial charge in [-0.05, 0) is 13.8 Å². The van der Waals surface area contributed by atoms with Crippen molar-refractivity contribution >= 4 is 5.91 Å². The second-order valence-electron chi connectivity index (χ2n) is 17.5. The number of ether oxygens (including phenoxy) is 11. The number of carbonyl (C=O) groups excluding carboxylic acids is 1. The summed E-state index contributed by atoms with van der Waals surface area (Å²) in [7, 11) is 0. The molecule has 6 saturated heterocycles. The molecule has 1 amide bonds. The Morgan fingerprint density at radius 3 is 1.32 bits per heavy atom. The Balaban J connectivity index is 1.37. The Kier molecular flexibility index (Phi) is 19.2. The van der Waals surface area contributed by atoms with E-state index in [4.69, 9.17) is 52.1 Å². The topological polar surface area (TPSA) is 475 Å². The largest absolute Gasteiger partial charge is 0.394 e. The van der Waals surface area contributed by atoms with Gasteiger partial charge >= 0.3 is 0 Å². The third-order valence-corrected chi connectivity index (χ3v) is 12.8. The van der Waals surface area contributed by atoms with Gasteiger partial charge in [0.1, 0.15) is 134 Å². The second-order valence-corrected chi connectivity index (χ2v) is 17.5. The van der Waals surface area contributed by atoms with Crippen LogP contribution in [0.1, 0.15) is 20.8 Å². The SMILES string of the molecule is CC(=O)N[C@@H]1C(O[C@@H]2OC(C)[C@H](O)[C@@H](O)C2O)[C@@H](O[C@H]2O[C@H](CO)[C@@H](O)C(O)C2O[C@H]2OC(C)[C@@H](O)C(O)C2O)C(CO)O[C@H]1OC1[C@@H](O)C(CO)O[C@@H](O[C@H]2C(CO)O[C@@H](O)[C@H](O)C2O)[C@@H]1O. The zero-order valence-corrected chi connectivity index (χ0v) is 36.7. The van der Waals surface area contributed by atoms with E-state index >= 15 is 0 Å². The van der Waals surface area contributed by atoms with Crippen LogP contribution in [0.25, 0.3) is 0 Å². The van der Waals surface area contributed by atoms with Crippen LogP contribution >= 0.6 is 0 Å². The van der Waals surface area contributed by atoms with E-state index in [2.05, 4.69) is 5.32 Å². The molecular formula is C38H65NO29. The molecule has 6 rings (SSSR count). The number of hydrogen-bond donors (Lipinski definition) is 18. The van der Waals surface area contributed by atoms with Gasteiger partial charge in [-0.1, -0.05) is 0 Å². The van der Waals surface area contributed by atoms with Crippen LogP contribution in [0.15, 0.2) is 0 Å². The second kappa shape index (κ2) is 23.5. The predicted octanol–water partition coefficient (Wildman–Crippen LogP) is -11.9.